The number of piperazine rings is 1. The average Bonchev–Trinajstić information content (AvgIpc) is 2.04. The Morgan fingerprint density at radius 1 is 1.58 bits per heavy atom. The van der Waals surface area contributed by atoms with Gasteiger partial charge in [0.05, 0.1) is 0 Å². The summed E-state index contributed by atoms with van der Waals surface area (Å²) in [6.45, 7) is 3.17. The third kappa shape index (κ3) is 1.94. The molecule has 5 heteroatoms. The molecule has 1 saturated heterocycles. The van der Waals surface area contributed by atoms with Gasteiger partial charge in [0.15, 0.2) is 0 Å². The molecule has 1 aliphatic heterocycles. The van der Waals surface area contributed by atoms with E-state index in [0.29, 0.717) is 19.6 Å². The van der Waals surface area contributed by atoms with Crippen LogP contribution in [-0.4, -0.2) is 42.4 Å². The molecule has 1 heterocycles. The van der Waals surface area contributed by atoms with Gasteiger partial charge < -0.3 is 16.0 Å². The Morgan fingerprint density at radius 3 is 2.75 bits per heavy atom. The molecular weight excluding hydrogens is 158 g/mol. The summed E-state index contributed by atoms with van der Waals surface area (Å²) in [6, 6.07) is -0.386. The molecule has 5 nitrogen and oxygen atoms in total. The second-order valence-corrected chi connectivity index (χ2v) is 2.87. The molecule has 0 aromatic rings. The lowest BCUT2D eigenvalue weighted by molar-refractivity contribution is -0.131. The average molecular weight is 171 g/mol. The van der Waals surface area contributed by atoms with Crippen LogP contribution in [0.15, 0.2) is 0 Å². The fourth-order valence-corrected chi connectivity index (χ4v) is 1.23. The van der Waals surface area contributed by atoms with Crippen molar-refractivity contribution < 1.29 is 9.59 Å². The van der Waals surface area contributed by atoms with Crippen LogP contribution in [0.5, 0.6) is 0 Å². The summed E-state index contributed by atoms with van der Waals surface area (Å²) in [6.07, 6.45) is 0. The van der Waals surface area contributed by atoms with Gasteiger partial charge in [0.1, 0.15) is 6.04 Å². The van der Waals surface area contributed by atoms with Crippen molar-refractivity contribution in [3.63, 3.8) is 0 Å². The molecule has 0 aliphatic carbocycles. The number of nitrogens with zero attached hydrogens (tertiary/aromatic N) is 1. The van der Waals surface area contributed by atoms with Crippen LogP contribution in [-0.2, 0) is 9.59 Å². The van der Waals surface area contributed by atoms with Gasteiger partial charge in [-0.25, -0.2) is 0 Å². The number of hydrogen-bond acceptors (Lipinski definition) is 3. The van der Waals surface area contributed by atoms with E-state index >= 15 is 0 Å². The number of nitrogens with two attached hydrogens (primary N) is 1. The fourth-order valence-electron chi connectivity index (χ4n) is 1.23. The van der Waals surface area contributed by atoms with E-state index in [1.54, 1.807) is 4.90 Å². The van der Waals surface area contributed by atoms with E-state index in [1.807, 2.05) is 0 Å². The minimum absolute atomic E-state index is 0.0113. The predicted molar refractivity (Wildman–Crippen MR) is 43.2 cm³/mol. The molecule has 68 valence electrons. The van der Waals surface area contributed by atoms with Crippen molar-refractivity contribution in [2.75, 3.05) is 19.6 Å². The van der Waals surface area contributed by atoms with E-state index in [9.17, 15) is 9.59 Å². The van der Waals surface area contributed by atoms with Crippen LogP contribution in [0.3, 0.4) is 0 Å². The van der Waals surface area contributed by atoms with Crippen LogP contribution in [0.4, 0.5) is 0 Å². The first-order chi connectivity index (χ1) is 5.61. The molecule has 2 amide bonds. The maximum Gasteiger partial charge on any atom is 0.236 e. The number of primary amides is 1. The predicted octanol–water partition coefficient (Wildman–Crippen LogP) is -1.71. The summed E-state index contributed by atoms with van der Waals surface area (Å²) in [5.41, 5.74) is 5.09. The van der Waals surface area contributed by atoms with Crippen molar-refractivity contribution in [3.05, 3.63) is 0 Å². The second kappa shape index (κ2) is 3.53. The molecule has 0 bridgehead atoms. The van der Waals surface area contributed by atoms with Gasteiger partial charge in [0.25, 0.3) is 0 Å². The summed E-state index contributed by atoms with van der Waals surface area (Å²) in [4.78, 5) is 23.3. The first kappa shape index (κ1) is 8.99. The maximum absolute atomic E-state index is 10.9. The molecule has 1 atom stereocenters. The van der Waals surface area contributed by atoms with Gasteiger partial charge in [-0.1, -0.05) is 0 Å². The lowest BCUT2D eigenvalue weighted by Gasteiger charge is -2.31. The Labute approximate surface area is 70.9 Å². The number of carbonyl (C=O) groups is 2. The van der Waals surface area contributed by atoms with Crippen molar-refractivity contribution in [2.24, 2.45) is 5.73 Å². The lowest BCUT2D eigenvalue weighted by Crippen LogP contribution is -2.57. The molecule has 1 rings (SSSR count). The molecule has 12 heavy (non-hydrogen) atoms. The molecule has 1 aliphatic rings. The Bertz CT molecular complexity index is 185. The Balaban J connectivity index is 2.51. The van der Waals surface area contributed by atoms with Crippen LogP contribution in [0, 0.1) is 0 Å². The molecule has 0 saturated carbocycles. The van der Waals surface area contributed by atoms with Crippen LogP contribution >= 0.6 is 0 Å². The number of hydrogen-bond donors (Lipinski definition) is 2. The highest BCUT2D eigenvalue weighted by Gasteiger charge is 2.24. The van der Waals surface area contributed by atoms with Gasteiger partial charge in [-0.3, -0.25) is 9.59 Å². The van der Waals surface area contributed by atoms with E-state index in [-0.39, 0.29) is 11.9 Å². The number of amides is 2. The van der Waals surface area contributed by atoms with Gasteiger partial charge in [0, 0.05) is 26.6 Å². The van der Waals surface area contributed by atoms with E-state index in [0.717, 1.165) is 0 Å². The van der Waals surface area contributed by atoms with Crippen LogP contribution in [0.1, 0.15) is 6.92 Å². The molecule has 3 N–H and O–H groups in total. The van der Waals surface area contributed by atoms with Crippen LogP contribution in [0.25, 0.3) is 0 Å². The lowest BCUT2D eigenvalue weighted by atomic mass is 10.2. The fraction of sp³-hybridized carbons (Fsp3) is 0.714. The number of rotatable bonds is 1. The zero-order chi connectivity index (χ0) is 9.14. The third-order valence-corrected chi connectivity index (χ3v) is 1.96. The SMILES string of the molecule is CC(=O)N1CCN[C@@H](C(N)=O)C1. The first-order valence-corrected chi connectivity index (χ1v) is 3.89. The zero-order valence-corrected chi connectivity index (χ0v) is 7.04. The summed E-state index contributed by atoms with van der Waals surface area (Å²) in [5.74, 6) is -0.413. The minimum atomic E-state index is -0.402. The monoisotopic (exact) mass is 171 g/mol. The van der Waals surface area contributed by atoms with Crippen molar-refractivity contribution >= 4 is 11.8 Å². The van der Waals surface area contributed by atoms with E-state index in [4.69, 9.17) is 5.73 Å². The second-order valence-electron chi connectivity index (χ2n) is 2.87. The standard InChI is InChI=1S/C7H13N3O2/c1-5(11)10-3-2-9-6(4-10)7(8)12/h6,9H,2-4H2,1H3,(H2,8,12)/t6-/m1/s1. The molecule has 0 unspecified atom stereocenters. The van der Waals surface area contributed by atoms with E-state index < -0.39 is 5.91 Å². The molecule has 0 aromatic carbocycles. The number of nitrogens with one attached hydrogen (secondary N) is 1. The Morgan fingerprint density at radius 2 is 2.25 bits per heavy atom. The van der Waals surface area contributed by atoms with Crippen molar-refractivity contribution in [3.8, 4) is 0 Å². The Kier molecular flexibility index (Phi) is 2.65. The summed E-state index contributed by atoms with van der Waals surface area (Å²) in [7, 11) is 0. The van der Waals surface area contributed by atoms with E-state index in [2.05, 4.69) is 5.32 Å². The molecule has 0 spiro atoms. The molecule has 0 radical (unpaired) electrons. The maximum atomic E-state index is 10.9. The molecular formula is C7H13N3O2. The highest BCUT2D eigenvalue weighted by Crippen LogP contribution is 1.98. The van der Waals surface area contributed by atoms with Crippen LogP contribution < -0.4 is 11.1 Å². The largest absolute Gasteiger partial charge is 0.368 e. The quantitative estimate of drug-likeness (QED) is 0.493. The Hall–Kier alpha value is -1.10. The summed E-state index contributed by atoms with van der Waals surface area (Å²) in [5, 5.41) is 2.93. The minimum Gasteiger partial charge on any atom is -0.368 e. The van der Waals surface area contributed by atoms with Gasteiger partial charge in [-0.15, -0.1) is 0 Å². The van der Waals surface area contributed by atoms with Crippen molar-refractivity contribution in [1.29, 1.82) is 0 Å². The highest BCUT2D eigenvalue weighted by molar-refractivity contribution is 5.81. The summed E-state index contributed by atoms with van der Waals surface area (Å²) < 4.78 is 0. The molecule has 1 fully saturated rings. The van der Waals surface area contributed by atoms with Crippen LogP contribution in [0.2, 0.25) is 0 Å². The topological polar surface area (TPSA) is 75.4 Å². The molecule has 0 aromatic heterocycles. The van der Waals surface area contributed by atoms with E-state index in [1.165, 1.54) is 6.92 Å². The first-order valence-electron chi connectivity index (χ1n) is 3.89. The van der Waals surface area contributed by atoms with Gasteiger partial charge in [0.2, 0.25) is 11.8 Å². The highest BCUT2D eigenvalue weighted by atomic mass is 16.2. The van der Waals surface area contributed by atoms with Gasteiger partial charge in [-0.2, -0.15) is 0 Å². The van der Waals surface area contributed by atoms with Crippen molar-refractivity contribution in [2.45, 2.75) is 13.0 Å². The smallest absolute Gasteiger partial charge is 0.236 e. The van der Waals surface area contributed by atoms with Gasteiger partial charge in [-0.05, 0) is 0 Å². The van der Waals surface area contributed by atoms with Gasteiger partial charge >= 0.3 is 0 Å². The zero-order valence-electron chi connectivity index (χ0n) is 7.04. The number of carbonyl (C=O) groups excluding carboxylic acids is 2. The van der Waals surface area contributed by atoms with Crippen molar-refractivity contribution in [1.82, 2.24) is 10.2 Å². The third-order valence-electron chi connectivity index (χ3n) is 1.96. The summed E-state index contributed by atoms with van der Waals surface area (Å²) >= 11 is 0. The normalized spacial score (nSPS) is 23.8.